The molecule has 1 aliphatic heterocycles. The summed E-state index contributed by atoms with van der Waals surface area (Å²) in [6.45, 7) is 3.97. The highest BCUT2D eigenvalue weighted by Gasteiger charge is 2.65. The number of rotatable bonds is 1. The number of alkyl halides is 1. The molecule has 1 heterocycles. The van der Waals surface area contributed by atoms with Crippen molar-refractivity contribution in [2.75, 3.05) is 4.43 Å². The number of esters is 2. The molecule has 0 N–H and O–H groups in total. The van der Waals surface area contributed by atoms with Crippen LogP contribution in [0.25, 0.3) is 0 Å². The number of ether oxygens (including phenoxy) is 1. The minimum Gasteiger partial charge on any atom is -0.392 e. The summed E-state index contributed by atoms with van der Waals surface area (Å²) in [5, 5.41) is 0. The van der Waals surface area contributed by atoms with Crippen molar-refractivity contribution < 1.29 is 14.3 Å². The Bertz CT molecular complexity index is 314. The van der Waals surface area contributed by atoms with Crippen molar-refractivity contribution in [2.45, 2.75) is 26.7 Å². The van der Waals surface area contributed by atoms with E-state index in [0.29, 0.717) is 0 Å². The molecule has 1 saturated carbocycles. The van der Waals surface area contributed by atoms with E-state index in [9.17, 15) is 9.59 Å². The van der Waals surface area contributed by atoms with Gasteiger partial charge in [0.15, 0.2) is 0 Å². The predicted molar refractivity (Wildman–Crippen MR) is 58.9 cm³/mol. The van der Waals surface area contributed by atoms with E-state index in [-0.39, 0.29) is 23.3 Å². The molecule has 2 rings (SSSR count). The number of fused-ring (bicyclic) bond motifs is 2. The summed E-state index contributed by atoms with van der Waals surface area (Å²) in [6, 6.07) is 0. The highest BCUT2D eigenvalue weighted by Crippen LogP contribution is 2.60. The molecule has 78 valence electrons. The van der Waals surface area contributed by atoms with Gasteiger partial charge in [0, 0.05) is 9.84 Å². The van der Waals surface area contributed by atoms with Crippen LogP contribution in [0.4, 0.5) is 0 Å². The van der Waals surface area contributed by atoms with Gasteiger partial charge in [-0.15, -0.1) is 0 Å². The number of carbonyl (C=O) groups excluding carboxylic acids is 2. The van der Waals surface area contributed by atoms with Crippen LogP contribution < -0.4 is 0 Å². The minimum atomic E-state index is -0.452. The third-order valence-corrected chi connectivity index (χ3v) is 5.75. The zero-order valence-corrected chi connectivity index (χ0v) is 10.5. The zero-order chi connectivity index (χ0) is 10.6. The fourth-order valence-electron chi connectivity index (χ4n) is 2.65. The standard InChI is InChI=1S/C10H13IO3/c1-9-4-3-6(10(9,2)5-11)7(12)14-8(9)13/h6H,3-5H2,1-2H3/t6?,9-,10?/m0/s1. The fourth-order valence-corrected chi connectivity index (χ4v) is 4.02. The van der Waals surface area contributed by atoms with Crippen molar-refractivity contribution >= 4 is 34.5 Å². The van der Waals surface area contributed by atoms with Gasteiger partial charge >= 0.3 is 11.9 Å². The minimum absolute atomic E-state index is 0.0814. The molecule has 14 heavy (non-hydrogen) atoms. The molecule has 2 unspecified atom stereocenters. The molecule has 4 heteroatoms. The predicted octanol–water partition coefficient (Wildman–Crippen LogP) is 1.93. The van der Waals surface area contributed by atoms with Gasteiger partial charge in [0.25, 0.3) is 0 Å². The molecule has 0 aromatic heterocycles. The second-order valence-corrected chi connectivity index (χ2v) is 5.45. The highest BCUT2D eigenvalue weighted by molar-refractivity contribution is 14.1. The molecule has 0 aromatic rings. The lowest BCUT2D eigenvalue weighted by Crippen LogP contribution is -2.52. The molecule has 0 aromatic carbocycles. The fraction of sp³-hybridized carbons (Fsp3) is 0.800. The smallest absolute Gasteiger partial charge is 0.320 e. The summed E-state index contributed by atoms with van der Waals surface area (Å²) >= 11 is 2.26. The molecule has 0 spiro atoms. The second kappa shape index (κ2) is 2.93. The molecular weight excluding hydrogens is 295 g/mol. The van der Waals surface area contributed by atoms with Crippen LogP contribution in [0.1, 0.15) is 26.7 Å². The summed E-state index contributed by atoms with van der Waals surface area (Å²) in [6.07, 6.45) is 1.57. The molecule has 0 radical (unpaired) electrons. The van der Waals surface area contributed by atoms with Gasteiger partial charge in [-0.3, -0.25) is 9.59 Å². The van der Waals surface area contributed by atoms with Crippen molar-refractivity contribution in [3.05, 3.63) is 0 Å². The zero-order valence-electron chi connectivity index (χ0n) is 8.30. The van der Waals surface area contributed by atoms with Crippen LogP contribution in [-0.2, 0) is 14.3 Å². The lowest BCUT2D eigenvalue weighted by atomic mass is 9.64. The SMILES string of the molecule is CC1(CI)C2CC[C@@]1(C)C(=O)OC2=O. The van der Waals surface area contributed by atoms with E-state index in [2.05, 4.69) is 22.6 Å². The Morgan fingerprint density at radius 1 is 1.50 bits per heavy atom. The first-order valence-corrected chi connectivity index (χ1v) is 6.30. The van der Waals surface area contributed by atoms with Gasteiger partial charge in [0.2, 0.25) is 0 Å². The summed E-state index contributed by atoms with van der Waals surface area (Å²) < 4.78 is 5.62. The Morgan fingerprint density at radius 2 is 2.14 bits per heavy atom. The maximum absolute atomic E-state index is 11.7. The van der Waals surface area contributed by atoms with Crippen molar-refractivity contribution in [1.29, 1.82) is 0 Å². The number of cyclic esters (lactones) is 2. The van der Waals surface area contributed by atoms with E-state index in [1.807, 2.05) is 13.8 Å². The van der Waals surface area contributed by atoms with Gasteiger partial charge < -0.3 is 4.74 Å². The highest BCUT2D eigenvalue weighted by atomic mass is 127. The summed E-state index contributed by atoms with van der Waals surface area (Å²) in [4.78, 5) is 23.2. The van der Waals surface area contributed by atoms with Crippen molar-refractivity contribution in [3.8, 4) is 0 Å². The van der Waals surface area contributed by atoms with Crippen molar-refractivity contribution in [3.63, 3.8) is 0 Å². The van der Waals surface area contributed by atoms with Crippen LogP contribution in [0.2, 0.25) is 0 Å². The van der Waals surface area contributed by atoms with Crippen LogP contribution in [0.3, 0.4) is 0 Å². The van der Waals surface area contributed by atoms with E-state index in [0.717, 1.165) is 17.3 Å². The molecule has 1 aliphatic carbocycles. The molecule has 2 aliphatic rings. The van der Waals surface area contributed by atoms with Crippen LogP contribution in [0, 0.1) is 16.7 Å². The van der Waals surface area contributed by atoms with Crippen LogP contribution in [0.5, 0.6) is 0 Å². The number of hydrogen-bond donors (Lipinski definition) is 0. The summed E-state index contributed by atoms with van der Waals surface area (Å²) in [5.41, 5.74) is -0.660. The number of hydrogen-bond acceptors (Lipinski definition) is 3. The Labute approximate surface area is 96.7 Å². The monoisotopic (exact) mass is 308 g/mol. The van der Waals surface area contributed by atoms with E-state index in [1.54, 1.807) is 0 Å². The maximum atomic E-state index is 11.7. The Hall–Kier alpha value is -0.130. The van der Waals surface area contributed by atoms with E-state index in [4.69, 9.17) is 4.74 Å². The number of halogens is 1. The van der Waals surface area contributed by atoms with Gasteiger partial charge in [0.1, 0.15) is 0 Å². The summed E-state index contributed by atoms with van der Waals surface area (Å²) in [7, 11) is 0. The van der Waals surface area contributed by atoms with Crippen molar-refractivity contribution in [2.24, 2.45) is 16.7 Å². The van der Waals surface area contributed by atoms with Gasteiger partial charge in [-0.2, -0.15) is 0 Å². The van der Waals surface area contributed by atoms with Gasteiger partial charge in [-0.1, -0.05) is 29.5 Å². The Balaban J connectivity index is 2.51. The topological polar surface area (TPSA) is 43.4 Å². The van der Waals surface area contributed by atoms with Gasteiger partial charge in [-0.05, 0) is 19.8 Å². The first-order valence-electron chi connectivity index (χ1n) is 4.78. The summed E-state index contributed by atoms with van der Waals surface area (Å²) in [5.74, 6) is -0.721. The van der Waals surface area contributed by atoms with Crippen LogP contribution >= 0.6 is 22.6 Å². The normalized spacial score (nSPS) is 46.6. The van der Waals surface area contributed by atoms with Crippen LogP contribution in [0.15, 0.2) is 0 Å². The van der Waals surface area contributed by atoms with Gasteiger partial charge in [-0.25, -0.2) is 0 Å². The molecule has 3 nitrogen and oxygen atoms in total. The molecule has 1 saturated heterocycles. The van der Waals surface area contributed by atoms with E-state index in [1.165, 1.54) is 0 Å². The molecule has 2 bridgehead atoms. The largest absolute Gasteiger partial charge is 0.392 e. The first kappa shape index (κ1) is 10.4. The van der Waals surface area contributed by atoms with E-state index >= 15 is 0 Å². The van der Waals surface area contributed by atoms with Crippen LogP contribution in [-0.4, -0.2) is 16.4 Å². The third-order valence-electron chi connectivity index (χ3n) is 4.17. The molecule has 2 fully saturated rings. The lowest BCUT2D eigenvalue weighted by Gasteiger charge is -2.43. The Morgan fingerprint density at radius 3 is 2.71 bits per heavy atom. The average Bonchev–Trinajstić information content (AvgIpc) is 2.34. The lowest BCUT2D eigenvalue weighted by molar-refractivity contribution is -0.184. The van der Waals surface area contributed by atoms with Gasteiger partial charge in [0.05, 0.1) is 11.3 Å². The second-order valence-electron chi connectivity index (χ2n) is 4.68. The van der Waals surface area contributed by atoms with Crippen molar-refractivity contribution in [1.82, 2.24) is 0 Å². The number of carbonyl (C=O) groups is 2. The van der Waals surface area contributed by atoms with E-state index < -0.39 is 5.41 Å². The first-order chi connectivity index (χ1) is 6.45. The maximum Gasteiger partial charge on any atom is 0.320 e. The third kappa shape index (κ3) is 0.978. The Kier molecular flexibility index (Phi) is 2.18. The quantitative estimate of drug-likeness (QED) is 0.322. The molecule has 3 atom stereocenters. The molecule has 0 amide bonds. The average molecular weight is 308 g/mol. The molecular formula is C10H13IO3.